The lowest BCUT2D eigenvalue weighted by Gasteiger charge is -2.32. The molecule has 0 unspecified atom stereocenters. The van der Waals surface area contributed by atoms with Crippen LogP contribution in [0.3, 0.4) is 0 Å². The van der Waals surface area contributed by atoms with Gasteiger partial charge in [0.2, 0.25) is 0 Å². The summed E-state index contributed by atoms with van der Waals surface area (Å²) < 4.78 is 0.461. The van der Waals surface area contributed by atoms with Gasteiger partial charge in [0.25, 0.3) is 0 Å². The maximum Gasteiger partial charge on any atom is 0.0276 e. The maximum absolute atomic E-state index is 3.69. The fourth-order valence-corrected chi connectivity index (χ4v) is 2.57. The van der Waals surface area contributed by atoms with E-state index in [1.165, 1.54) is 25.7 Å². The molecule has 0 aromatic carbocycles. The van der Waals surface area contributed by atoms with Crippen molar-refractivity contribution in [2.75, 3.05) is 12.8 Å². The van der Waals surface area contributed by atoms with Gasteiger partial charge in [-0.3, -0.25) is 0 Å². The maximum atomic E-state index is 3.69. The largest absolute Gasteiger partial charge is 0.313 e. The minimum atomic E-state index is 0.461. The second-order valence-electron chi connectivity index (χ2n) is 3.99. The Balaban J connectivity index is 4.04. The molecule has 0 atom stereocenters. The van der Waals surface area contributed by atoms with Crippen LogP contribution in [0.1, 0.15) is 53.4 Å². The zero-order valence-electron chi connectivity index (χ0n) is 10.5. The molecule has 1 N–H and O–H groups in total. The van der Waals surface area contributed by atoms with Gasteiger partial charge in [0.1, 0.15) is 0 Å². The van der Waals surface area contributed by atoms with Crippen LogP contribution in [0.5, 0.6) is 0 Å². The van der Waals surface area contributed by atoms with E-state index in [1.807, 2.05) is 11.8 Å². The summed E-state index contributed by atoms with van der Waals surface area (Å²) in [7, 11) is 0. The zero-order valence-corrected chi connectivity index (χ0v) is 11.3. The van der Waals surface area contributed by atoms with Crippen molar-refractivity contribution in [3.05, 3.63) is 0 Å². The molecular formula is C12H27NS. The summed E-state index contributed by atoms with van der Waals surface area (Å²) in [5, 5.41) is 3.69. The highest BCUT2D eigenvalue weighted by molar-refractivity contribution is 8.00. The van der Waals surface area contributed by atoms with Crippen molar-refractivity contribution in [2.45, 2.75) is 64.2 Å². The van der Waals surface area contributed by atoms with E-state index in [1.54, 1.807) is 0 Å². The first-order chi connectivity index (χ1) is 6.67. The van der Waals surface area contributed by atoms with Crippen LogP contribution < -0.4 is 5.32 Å². The van der Waals surface area contributed by atoms with Crippen molar-refractivity contribution in [1.82, 2.24) is 5.32 Å². The Kier molecular flexibility index (Phi) is 7.75. The molecule has 14 heavy (non-hydrogen) atoms. The standard InChI is InChI=1S/C12H27NS/c1-6-11(7-2)13-10-12(8-3,9-4)14-5/h11,13H,6-10H2,1-5H3. The lowest BCUT2D eigenvalue weighted by atomic mass is 10.0. The Morgan fingerprint density at radius 3 is 1.86 bits per heavy atom. The summed E-state index contributed by atoms with van der Waals surface area (Å²) in [4.78, 5) is 0. The minimum Gasteiger partial charge on any atom is -0.313 e. The molecule has 0 rings (SSSR count). The predicted octanol–water partition coefficient (Wildman–Crippen LogP) is 3.69. The van der Waals surface area contributed by atoms with Crippen molar-refractivity contribution in [1.29, 1.82) is 0 Å². The smallest absolute Gasteiger partial charge is 0.0276 e. The van der Waals surface area contributed by atoms with Crippen LogP contribution in [-0.2, 0) is 0 Å². The van der Waals surface area contributed by atoms with Crippen molar-refractivity contribution in [3.63, 3.8) is 0 Å². The summed E-state index contributed by atoms with van der Waals surface area (Å²) in [5.41, 5.74) is 0. The molecule has 0 bridgehead atoms. The van der Waals surface area contributed by atoms with Crippen molar-refractivity contribution < 1.29 is 0 Å². The predicted molar refractivity (Wildman–Crippen MR) is 69.2 cm³/mol. The fourth-order valence-electron chi connectivity index (χ4n) is 1.77. The van der Waals surface area contributed by atoms with E-state index in [-0.39, 0.29) is 0 Å². The molecular weight excluding hydrogens is 190 g/mol. The van der Waals surface area contributed by atoms with Crippen LogP contribution in [0, 0.1) is 0 Å². The first kappa shape index (κ1) is 14.3. The zero-order chi connectivity index (χ0) is 11.0. The molecule has 0 aliphatic rings. The highest BCUT2D eigenvalue weighted by atomic mass is 32.2. The quantitative estimate of drug-likeness (QED) is 0.665. The molecule has 0 saturated heterocycles. The summed E-state index contributed by atoms with van der Waals surface area (Å²) in [6.07, 6.45) is 7.25. The second-order valence-corrected chi connectivity index (χ2v) is 5.26. The van der Waals surface area contributed by atoms with Gasteiger partial charge in [-0.15, -0.1) is 0 Å². The van der Waals surface area contributed by atoms with E-state index in [0.29, 0.717) is 10.8 Å². The molecule has 86 valence electrons. The normalized spacial score (nSPS) is 12.4. The van der Waals surface area contributed by atoms with Crippen molar-refractivity contribution >= 4 is 11.8 Å². The average molecular weight is 217 g/mol. The van der Waals surface area contributed by atoms with E-state index in [0.717, 1.165) is 6.54 Å². The number of hydrogen-bond acceptors (Lipinski definition) is 2. The highest BCUT2D eigenvalue weighted by Crippen LogP contribution is 2.29. The second kappa shape index (κ2) is 7.58. The summed E-state index contributed by atoms with van der Waals surface area (Å²) in [6.45, 7) is 10.3. The Bertz CT molecular complexity index is 120. The van der Waals surface area contributed by atoms with Gasteiger partial charge < -0.3 is 5.32 Å². The molecule has 0 aliphatic heterocycles. The molecule has 0 aliphatic carbocycles. The van der Waals surface area contributed by atoms with Crippen LogP contribution in [0.25, 0.3) is 0 Å². The number of rotatable bonds is 8. The molecule has 0 amide bonds. The van der Waals surface area contributed by atoms with Crippen molar-refractivity contribution in [3.8, 4) is 0 Å². The molecule has 0 aromatic heterocycles. The van der Waals surface area contributed by atoms with Crippen LogP contribution in [0.2, 0.25) is 0 Å². The van der Waals surface area contributed by atoms with Gasteiger partial charge in [-0.2, -0.15) is 11.8 Å². The fraction of sp³-hybridized carbons (Fsp3) is 1.00. The first-order valence-electron chi connectivity index (χ1n) is 5.96. The first-order valence-corrected chi connectivity index (χ1v) is 7.18. The molecule has 0 aromatic rings. The van der Waals surface area contributed by atoms with E-state index < -0.39 is 0 Å². The highest BCUT2D eigenvalue weighted by Gasteiger charge is 2.24. The lowest BCUT2D eigenvalue weighted by molar-refractivity contribution is 0.422. The van der Waals surface area contributed by atoms with Crippen LogP contribution in [0.4, 0.5) is 0 Å². The van der Waals surface area contributed by atoms with E-state index in [4.69, 9.17) is 0 Å². The monoisotopic (exact) mass is 217 g/mol. The number of thioether (sulfide) groups is 1. The van der Waals surface area contributed by atoms with Crippen LogP contribution in [-0.4, -0.2) is 23.6 Å². The average Bonchev–Trinajstić information content (AvgIpc) is 2.26. The Morgan fingerprint density at radius 2 is 1.57 bits per heavy atom. The molecule has 0 radical (unpaired) electrons. The molecule has 0 saturated carbocycles. The Labute approximate surface area is 94.4 Å². The third-order valence-corrected chi connectivity index (χ3v) is 5.01. The molecule has 0 fully saturated rings. The Morgan fingerprint density at radius 1 is 1.07 bits per heavy atom. The van der Waals surface area contributed by atoms with Gasteiger partial charge >= 0.3 is 0 Å². The molecule has 0 spiro atoms. The molecule has 2 heteroatoms. The number of nitrogens with one attached hydrogen (secondary N) is 1. The van der Waals surface area contributed by atoms with Gasteiger partial charge in [0, 0.05) is 17.3 Å². The SMILES string of the molecule is CCC(CC)NCC(CC)(CC)SC. The van der Waals surface area contributed by atoms with Crippen LogP contribution >= 0.6 is 11.8 Å². The third-order valence-electron chi connectivity index (χ3n) is 3.42. The molecule has 1 nitrogen and oxygen atoms in total. The van der Waals surface area contributed by atoms with Crippen molar-refractivity contribution in [2.24, 2.45) is 0 Å². The van der Waals surface area contributed by atoms with E-state index in [9.17, 15) is 0 Å². The lowest BCUT2D eigenvalue weighted by Crippen LogP contribution is -2.41. The van der Waals surface area contributed by atoms with Gasteiger partial charge in [-0.05, 0) is 31.9 Å². The topological polar surface area (TPSA) is 12.0 Å². The summed E-state index contributed by atoms with van der Waals surface area (Å²) in [6, 6.07) is 0.708. The van der Waals surface area contributed by atoms with Crippen LogP contribution in [0.15, 0.2) is 0 Å². The third kappa shape index (κ3) is 4.22. The van der Waals surface area contributed by atoms with E-state index in [2.05, 4.69) is 39.3 Å². The summed E-state index contributed by atoms with van der Waals surface area (Å²) in [5.74, 6) is 0. The summed E-state index contributed by atoms with van der Waals surface area (Å²) >= 11 is 2.02. The Hall–Kier alpha value is 0.310. The molecule has 0 heterocycles. The van der Waals surface area contributed by atoms with Gasteiger partial charge in [0.05, 0.1) is 0 Å². The number of hydrogen-bond donors (Lipinski definition) is 1. The van der Waals surface area contributed by atoms with Gasteiger partial charge in [0.15, 0.2) is 0 Å². The minimum absolute atomic E-state index is 0.461. The van der Waals surface area contributed by atoms with Gasteiger partial charge in [-0.25, -0.2) is 0 Å². The van der Waals surface area contributed by atoms with Gasteiger partial charge in [-0.1, -0.05) is 27.7 Å². The van der Waals surface area contributed by atoms with E-state index >= 15 is 0 Å².